The Kier molecular flexibility index (Phi) is 7.70. The van der Waals surface area contributed by atoms with E-state index in [9.17, 15) is 22.4 Å². The van der Waals surface area contributed by atoms with E-state index in [1.54, 1.807) is 37.4 Å². The van der Waals surface area contributed by atoms with Crippen LogP contribution >= 0.6 is 0 Å². The van der Waals surface area contributed by atoms with E-state index in [0.717, 1.165) is 6.26 Å². The number of carbonyl (C=O) groups is 1. The van der Waals surface area contributed by atoms with Crippen molar-refractivity contribution in [3.8, 4) is 11.1 Å². The highest BCUT2D eigenvalue weighted by Gasteiger charge is 2.43. The van der Waals surface area contributed by atoms with Crippen molar-refractivity contribution in [2.45, 2.75) is 31.2 Å². The number of halogens is 1. The van der Waals surface area contributed by atoms with Gasteiger partial charge in [0.15, 0.2) is 14.6 Å². The van der Waals surface area contributed by atoms with Crippen molar-refractivity contribution >= 4 is 26.6 Å². The quantitative estimate of drug-likeness (QED) is 0.332. The van der Waals surface area contributed by atoms with E-state index in [0.29, 0.717) is 22.2 Å². The fourth-order valence-corrected chi connectivity index (χ4v) is 4.42. The van der Waals surface area contributed by atoms with Crippen LogP contribution in [0.15, 0.2) is 47.5 Å². The number of hydrogen-bond donors (Lipinski definition) is 2. The summed E-state index contributed by atoms with van der Waals surface area (Å²) in [5.74, 6) is -1.48. The van der Waals surface area contributed by atoms with Crippen molar-refractivity contribution in [3.63, 3.8) is 0 Å². The predicted octanol–water partition coefficient (Wildman–Crippen LogP) is 1.89. The third kappa shape index (κ3) is 5.40. The monoisotopic (exact) mass is 506 g/mol. The van der Waals surface area contributed by atoms with Crippen LogP contribution in [0.1, 0.15) is 18.9 Å². The third-order valence-electron chi connectivity index (χ3n) is 6.15. The first-order valence-electron chi connectivity index (χ1n) is 10.6. The van der Waals surface area contributed by atoms with Crippen molar-refractivity contribution in [1.82, 2.24) is 20.1 Å². The van der Waals surface area contributed by atoms with Gasteiger partial charge in [-0.3, -0.25) is 19.4 Å². The molecule has 2 N–H and O–H groups in total. The first kappa shape index (κ1) is 26.4. The zero-order valence-electron chi connectivity index (χ0n) is 19.8. The van der Waals surface area contributed by atoms with E-state index in [-0.39, 0.29) is 24.9 Å². The van der Waals surface area contributed by atoms with Crippen LogP contribution < -0.4 is 11.0 Å². The molecule has 0 fully saturated rings. The highest BCUT2D eigenvalue weighted by Crippen LogP contribution is 2.25. The average molecular weight is 507 g/mol. The number of carbonyl (C=O) groups excluding carboxylic acids is 1. The minimum Gasteiger partial charge on any atom is -0.302 e. The van der Waals surface area contributed by atoms with E-state index < -0.39 is 31.9 Å². The number of hydroxylamine groups is 3. The van der Waals surface area contributed by atoms with Gasteiger partial charge in [0.05, 0.1) is 30.9 Å². The standard InChI is InChI=1S/C23H27FN4O6S/c1-23(22(30)26-31,35(4,32)33)9-10-28-14-25-20-12-16(7-8-18(20)21(28)29)15-5-6-17(19(24)11-15)13-27(2)34-3/h5-8,11-12,14,31H,9-10,13H2,1-4H3,(H,26,30)/t23-/m1/s1. The van der Waals surface area contributed by atoms with Gasteiger partial charge < -0.3 is 4.84 Å². The molecule has 0 spiro atoms. The molecule has 0 aliphatic carbocycles. The molecule has 0 saturated heterocycles. The minimum atomic E-state index is -3.90. The van der Waals surface area contributed by atoms with Gasteiger partial charge in [-0.2, -0.15) is 5.06 Å². The Labute approximate surface area is 201 Å². The van der Waals surface area contributed by atoms with Gasteiger partial charge in [-0.25, -0.2) is 23.3 Å². The molecule has 3 aromatic rings. The first-order valence-corrected chi connectivity index (χ1v) is 12.5. The van der Waals surface area contributed by atoms with Gasteiger partial charge in [-0.15, -0.1) is 0 Å². The molecule has 1 heterocycles. The van der Waals surface area contributed by atoms with E-state index in [1.807, 2.05) is 0 Å². The van der Waals surface area contributed by atoms with E-state index in [2.05, 4.69) is 4.98 Å². The van der Waals surface area contributed by atoms with Crippen LogP contribution in [0, 0.1) is 5.82 Å². The van der Waals surface area contributed by atoms with Gasteiger partial charge in [0.2, 0.25) is 0 Å². The van der Waals surface area contributed by atoms with Crippen LogP contribution in [0.3, 0.4) is 0 Å². The lowest BCUT2D eigenvalue weighted by molar-refractivity contribution is -0.131. The average Bonchev–Trinajstić information content (AvgIpc) is 2.83. The number of nitrogens with one attached hydrogen (secondary N) is 1. The summed E-state index contributed by atoms with van der Waals surface area (Å²) in [6.45, 7) is 1.33. The molecule has 35 heavy (non-hydrogen) atoms. The molecule has 1 amide bonds. The molecule has 10 nitrogen and oxygen atoms in total. The Morgan fingerprint density at radius 1 is 1.26 bits per heavy atom. The van der Waals surface area contributed by atoms with Gasteiger partial charge >= 0.3 is 0 Å². The summed E-state index contributed by atoms with van der Waals surface area (Å²) in [5.41, 5.74) is 3.07. The minimum absolute atomic E-state index is 0.122. The second kappa shape index (κ2) is 10.2. The number of benzene rings is 2. The Balaban J connectivity index is 1.90. The van der Waals surface area contributed by atoms with Crippen molar-refractivity contribution in [3.05, 3.63) is 64.5 Å². The molecule has 12 heteroatoms. The highest BCUT2D eigenvalue weighted by atomic mass is 32.2. The first-order chi connectivity index (χ1) is 16.4. The number of aryl methyl sites for hydroxylation is 1. The maximum Gasteiger partial charge on any atom is 0.264 e. The Morgan fingerprint density at radius 3 is 2.51 bits per heavy atom. The molecular weight excluding hydrogens is 479 g/mol. The third-order valence-corrected chi connectivity index (χ3v) is 8.17. The van der Waals surface area contributed by atoms with Gasteiger partial charge in [0.1, 0.15) is 5.82 Å². The van der Waals surface area contributed by atoms with Crippen molar-refractivity contribution in [2.75, 3.05) is 20.4 Å². The van der Waals surface area contributed by atoms with Gasteiger partial charge in [-0.1, -0.05) is 18.2 Å². The molecule has 0 aliphatic rings. The van der Waals surface area contributed by atoms with Crippen LogP contribution in [0.5, 0.6) is 0 Å². The molecule has 0 bridgehead atoms. The summed E-state index contributed by atoms with van der Waals surface area (Å²) in [7, 11) is -0.710. The number of sulfone groups is 1. The second-order valence-corrected chi connectivity index (χ2v) is 10.9. The van der Waals surface area contributed by atoms with Crippen LogP contribution in [0.4, 0.5) is 4.39 Å². The second-order valence-electron chi connectivity index (χ2n) is 8.44. The van der Waals surface area contributed by atoms with Crippen molar-refractivity contribution in [2.24, 2.45) is 0 Å². The molecule has 0 unspecified atom stereocenters. The fraction of sp³-hybridized carbons (Fsp3) is 0.348. The van der Waals surface area contributed by atoms with Gasteiger partial charge in [0, 0.05) is 25.4 Å². The predicted molar refractivity (Wildman–Crippen MR) is 128 cm³/mol. The number of rotatable bonds is 9. The van der Waals surface area contributed by atoms with Crippen LogP contribution in [-0.4, -0.2) is 59.3 Å². The Hall–Kier alpha value is -3.19. The Morgan fingerprint density at radius 2 is 1.91 bits per heavy atom. The largest absolute Gasteiger partial charge is 0.302 e. The summed E-state index contributed by atoms with van der Waals surface area (Å²) in [6, 6.07) is 9.73. The van der Waals surface area contributed by atoms with E-state index in [4.69, 9.17) is 10.0 Å². The van der Waals surface area contributed by atoms with Crippen molar-refractivity contribution in [1.29, 1.82) is 0 Å². The van der Waals surface area contributed by atoms with Crippen LogP contribution in [0.25, 0.3) is 22.0 Å². The number of fused-ring (bicyclic) bond motifs is 1. The molecule has 188 valence electrons. The molecule has 3 rings (SSSR count). The zero-order valence-corrected chi connectivity index (χ0v) is 20.6. The lowest BCUT2D eigenvalue weighted by Gasteiger charge is -2.25. The smallest absolute Gasteiger partial charge is 0.264 e. The van der Waals surface area contributed by atoms with Gasteiger partial charge in [-0.05, 0) is 42.7 Å². The summed E-state index contributed by atoms with van der Waals surface area (Å²) < 4.78 is 38.1. The van der Waals surface area contributed by atoms with E-state index >= 15 is 0 Å². The summed E-state index contributed by atoms with van der Waals surface area (Å²) in [5, 5.41) is 10.7. The van der Waals surface area contributed by atoms with Crippen molar-refractivity contribution < 1.29 is 27.6 Å². The topological polar surface area (TPSA) is 131 Å². The molecule has 0 radical (unpaired) electrons. The maximum absolute atomic E-state index is 14.6. The summed E-state index contributed by atoms with van der Waals surface area (Å²) in [4.78, 5) is 34.3. The number of aromatic nitrogens is 2. The van der Waals surface area contributed by atoms with Crippen LogP contribution in [0.2, 0.25) is 0 Å². The maximum atomic E-state index is 14.6. The molecule has 1 aromatic heterocycles. The zero-order chi connectivity index (χ0) is 26.0. The lowest BCUT2D eigenvalue weighted by atomic mass is 10.0. The fourth-order valence-electron chi connectivity index (χ4n) is 3.58. The summed E-state index contributed by atoms with van der Waals surface area (Å²) in [6.07, 6.45) is 1.89. The number of amides is 1. The highest BCUT2D eigenvalue weighted by molar-refractivity contribution is 7.92. The SMILES string of the molecule is CON(C)Cc1ccc(-c2ccc3c(=O)n(CC[C@](C)(C(=O)NO)S(C)(=O)=O)cnc3c2)cc1F. The molecule has 1 atom stereocenters. The summed E-state index contributed by atoms with van der Waals surface area (Å²) >= 11 is 0. The van der Waals surface area contributed by atoms with Gasteiger partial charge in [0.25, 0.3) is 11.5 Å². The lowest BCUT2D eigenvalue weighted by Crippen LogP contribution is -2.50. The number of nitrogens with zero attached hydrogens (tertiary/aromatic N) is 3. The molecule has 0 saturated carbocycles. The Bertz CT molecular complexity index is 1430. The number of hydrogen-bond acceptors (Lipinski definition) is 8. The molecule has 2 aromatic carbocycles. The van der Waals surface area contributed by atoms with Crippen LogP contribution in [-0.2, 0) is 32.6 Å². The molecule has 0 aliphatic heterocycles. The molecular formula is C23H27FN4O6S. The van der Waals surface area contributed by atoms with E-state index in [1.165, 1.54) is 41.5 Å². The normalized spacial score (nSPS) is 13.7.